The fourth-order valence-corrected chi connectivity index (χ4v) is 4.47. The summed E-state index contributed by atoms with van der Waals surface area (Å²) >= 11 is 1.74. The molecule has 4 rings (SSSR count). The van der Waals surface area contributed by atoms with Gasteiger partial charge in [-0.1, -0.05) is 12.5 Å². The Morgan fingerprint density at radius 1 is 1.46 bits per heavy atom. The van der Waals surface area contributed by atoms with Crippen LogP contribution in [0.4, 0.5) is 0 Å². The van der Waals surface area contributed by atoms with Gasteiger partial charge in [0, 0.05) is 37.6 Å². The van der Waals surface area contributed by atoms with Crippen LogP contribution in [0.3, 0.4) is 0 Å². The first-order chi connectivity index (χ1) is 11.7. The summed E-state index contributed by atoms with van der Waals surface area (Å²) in [6.07, 6.45) is 6.58. The van der Waals surface area contributed by atoms with Crippen molar-refractivity contribution in [1.82, 2.24) is 19.8 Å². The van der Waals surface area contributed by atoms with Gasteiger partial charge in [0.15, 0.2) is 0 Å². The number of fused-ring (bicyclic) bond motifs is 1. The lowest BCUT2D eigenvalue weighted by molar-refractivity contribution is -0.123. The van der Waals surface area contributed by atoms with E-state index in [2.05, 4.69) is 32.7 Å². The van der Waals surface area contributed by atoms with E-state index < -0.39 is 0 Å². The minimum atomic E-state index is -0.106. The van der Waals surface area contributed by atoms with Crippen LogP contribution in [-0.4, -0.2) is 39.5 Å². The third-order valence-electron chi connectivity index (χ3n) is 5.32. The summed E-state index contributed by atoms with van der Waals surface area (Å²) in [6, 6.07) is 4.82. The number of thiophene rings is 1. The molecule has 0 spiro atoms. The van der Waals surface area contributed by atoms with Gasteiger partial charge in [-0.15, -0.1) is 11.3 Å². The van der Waals surface area contributed by atoms with Gasteiger partial charge >= 0.3 is 0 Å². The molecule has 1 fully saturated rings. The fourth-order valence-electron chi connectivity index (χ4n) is 3.76. The summed E-state index contributed by atoms with van der Waals surface area (Å²) in [5.41, 5.74) is 2.17. The number of aryl methyl sites for hydroxylation is 1. The summed E-state index contributed by atoms with van der Waals surface area (Å²) < 4.78 is 2.02. The molecular formula is C18H24N4OS. The molecule has 5 nitrogen and oxygen atoms in total. The second-order valence-corrected chi connectivity index (χ2v) is 7.91. The molecule has 2 aromatic heterocycles. The molecular weight excluding hydrogens is 320 g/mol. The molecule has 24 heavy (non-hydrogen) atoms. The molecule has 0 saturated heterocycles. The molecule has 128 valence electrons. The van der Waals surface area contributed by atoms with Crippen LogP contribution in [0.15, 0.2) is 23.8 Å². The predicted molar refractivity (Wildman–Crippen MR) is 95.0 cm³/mol. The van der Waals surface area contributed by atoms with Crippen molar-refractivity contribution in [2.24, 2.45) is 7.05 Å². The van der Waals surface area contributed by atoms with E-state index in [4.69, 9.17) is 0 Å². The first kappa shape index (κ1) is 15.8. The maximum Gasteiger partial charge on any atom is 0.230 e. The average Bonchev–Trinajstić information content (AvgIpc) is 3.15. The number of carbonyl (C=O) groups excluding carboxylic acids is 1. The second kappa shape index (κ2) is 6.69. The summed E-state index contributed by atoms with van der Waals surface area (Å²) in [7, 11) is 2.00. The third-order valence-corrected chi connectivity index (χ3v) is 6.26. The highest BCUT2D eigenvalue weighted by molar-refractivity contribution is 7.09. The minimum Gasteiger partial charge on any atom is -0.355 e. The zero-order valence-corrected chi connectivity index (χ0v) is 14.9. The molecule has 2 aromatic rings. The zero-order valence-electron chi connectivity index (χ0n) is 14.1. The van der Waals surface area contributed by atoms with E-state index >= 15 is 0 Å². The smallest absolute Gasteiger partial charge is 0.230 e. The van der Waals surface area contributed by atoms with E-state index in [-0.39, 0.29) is 11.8 Å². The lowest BCUT2D eigenvalue weighted by Crippen LogP contribution is -2.48. The number of aromatic nitrogens is 2. The monoisotopic (exact) mass is 344 g/mol. The Bertz CT molecular complexity index is 705. The minimum absolute atomic E-state index is 0.106. The van der Waals surface area contributed by atoms with Gasteiger partial charge in [-0.2, -0.15) is 0 Å². The van der Waals surface area contributed by atoms with E-state index in [1.54, 1.807) is 11.3 Å². The maximum absolute atomic E-state index is 12.8. The maximum atomic E-state index is 12.8. The molecule has 1 saturated carbocycles. The average molecular weight is 344 g/mol. The Kier molecular flexibility index (Phi) is 4.41. The second-order valence-electron chi connectivity index (χ2n) is 6.87. The van der Waals surface area contributed by atoms with E-state index in [0.717, 1.165) is 30.9 Å². The molecule has 1 aliphatic carbocycles. The quantitative estimate of drug-likeness (QED) is 0.905. The summed E-state index contributed by atoms with van der Waals surface area (Å²) in [5.74, 6) is 0.0330. The van der Waals surface area contributed by atoms with Crippen molar-refractivity contribution < 1.29 is 4.79 Å². The van der Waals surface area contributed by atoms with E-state index in [1.807, 2.05) is 17.9 Å². The molecule has 1 N–H and O–H groups in total. The standard InChI is InChI=1S/C18H24N4OS/c1-21-12-20-16-11-22(13-4-2-5-13)10-15(17(16)21)18(23)19-8-7-14-6-3-9-24-14/h3,6,9,12-13,15H,2,4-5,7-8,10-11H2,1H3,(H,19,23)/t15-/m0/s1. The molecule has 3 heterocycles. The van der Waals surface area contributed by atoms with E-state index in [9.17, 15) is 4.79 Å². The third kappa shape index (κ3) is 3.00. The van der Waals surface area contributed by atoms with E-state index in [0.29, 0.717) is 12.6 Å². The zero-order chi connectivity index (χ0) is 16.5. The van der Waals surface area contributed by atoms with Gasteiger partial charge in [-0.05, 0) is 30.7 Å². The Hall–Kier alpha value is -1.66. The number of rotatable bonds is 5. The van der Waals surface area contributed by atoms with Crippen LogP contribution in [0.25, 0.3) is 0 Å². The van der Waals surface area contributed by atoms with Gasteiger partial charge in [0.25, 0.3) is 0 Å². The van der Waals surface area contributed by atoms with Gasteiger partial charge in [0.05, 0.1) is 23.6 Å². The highest BCUT2D eigenvalue weighted by Gasteiger charge is 2.37. The van der Waals surface area contributed by atoms with Crippen LogP contribution in [0.2, 0.25) is 0 Å². The van der Waals surface area contributed by atoms with Crippen molar-refractivity contribution in [3.8, 4) is 0 Å². The molecule has 6 heteroatoms. The molecule has 0 unspecified atom stereocenters. The van der Waals surface area contributed by atoms with Gasteiger partial charge in [0.2, 0.25) is 5.91 Å². The molecule has 1 amide bonds. The number of hydrogen-bond acceptors (Lipinski definition) is 4. The van der Waals surface area contributed by atoms with Crippen molar-refractivity contribution in [2.75, 3.05) is 13.1 Å². The van der Waals surface area contributed by atoms with Crippen molar-refractivity contribution in [2.45, 2.75) is 44.2 Å². The molecule has 0 bridgehead atoms. The molecule has 0 aromatic carbocycles. The van der Waals surface area contributed by atoms with Crippen LogP contribution in [0, 0.1) is 0 Å². The van der Waals surface area contributed by atoms with Crippen molar-refractivity contribution in [3.63, 3.8) is 0 Å². The Morgan fingerprint density at radius 2 is 2.33 bits per heavy atom. The number of imidazole rings is 1. The Morgan fingerprint density at radius 3 is 3.04 bits per heavy atom. The Labute approximate surface area is 146 Å². The van der Waals surface area contributed by atoms with Crippen LogP contribution in [0.5, 0.6) is 0 Å². The first-order valence-corrected chi connectivity index (χ1v) is 9.64. The highest BCUT2D eigenvalue weighted by atomic mass is 32.1. The fraction of sp³-hybridized carbons (Fsp3) is 0.556. The number of carbonyl (C=O) groups is 1. The van der Waals surface area contributed by atoms with Gasteiger partial charge < -0.3 is 9.88 Å². The predicted octanol–water partition coefficient (Wildman–Crippen LogP) is 2.29. The summed E-state index contributed by atoms with van der Waals surface area (Å²) in [6.45, 7) is 2.41. The normalized spacial score (nSPS) is 21.3. The number of hydrogen-bond donors (Lipinski definition) is 1. The molecule has 1 aliphatic heterocycles. The number of nitrogens with zero attached hydrogens (tertiary/aromatic N) is 3. The summed E-state index contributed by atoms with van der Waals surface area (Å²) in [4.78, 5) is 21.2. The molecule has 2 aliphatic rings. The van der Waals surface area contributed by atoms with Crippen LogP contribution >= 0.6 is 11.3 Å². The first-order valence-electron chi connectivity index (χ1n) is 8.76. The molecule has 0 radical (unpaired) electrons. The van der Waals surface area contributed by atoms with Crippen molar-refractivity contribution >= 4 is 17.2 Å². The molecule has 1 atom stereocenters. The highest BCUT2D eigenvalue weighted by Crippen LogP contribution is 2.34. The van der Waals surface area contributed by atoms with Gasteiger partial charge in [-0.25, -0.2) is 4.98 Å². The van der Waals surface area contributed by atoms with Gasteiger partial charge in [-0.3, -0.25) is 9.69 Å². The van der Waals surface area contributed by atoms with Gasteiger partial charge in [0.1, 0.15) is 0 Å². The lowest BCUT2D eigenvalue weighted by atomic mass is 9.87. The topological polar surface area (TPSA) is 50.2 Å². The van der Waals surface area contributed by atoms with Crippen LogP contribution in [0.1, 0.15) is 41.4 Å². The lowest BCUT2D eigenvalue weighted by Gasteiger charge is -2.41. The SMILES string of the molecule is Cn1cnc2c1[C@@H](C(=O)NCCc1cccs1)CN(C1CCC1)C2. The number of amides is 1. The van der Waals surface area contributed by atoms with Crippen LogP contribution < -0.4 is 5.32 Å². The number of nitrogens with one attached hydrogen (secondary N) is 1. The summed E-state index contributed by atoms with van der Waals surface area (Å²) in [5, 5.41) is 5.22. The van der Waals surface area contributed by atoms with Crippen molar-refractivity contribution in [1.29, 1.82) is 0 Å². The van der Waals surface area contributed by atoms with E-state index in [1.165, 1.54) is 24.1 Å². The Balaban J connectivity index is 1.45. The van der Waals surface area contributed by atoms with Crippen LogP contribution in [-0.2, 0) is 24.8 Å². The largest absolute Gasteiger partial charge is 0.355 e. The van der Waals surface area contributed by atoms with Crippen molar-refractivity contribution in [3.05, 3.63) is 40.1 Å².